The highest BCUT2D eigenvalue weighted by atomic mass is 32.1. The molecule has 20 heavy (non-hydrogen) atoms. The van der Waals surface area contributed by atoms with E-state index in [2.05, 4.69) is 4.98 Å². The van der Waals surface area contributed by atoms with Crippen LogP contribution in [0.15, 0.2) is 40.3 Å². The van der Waals surface area contributed by atoms with Crippen molar-refractivity contribution < 1.29 is 9.21 Å². The Morgan fingerprint density at radius 1 is 1.35 bits per heavy atom. The van der Waals surface area contributed by atoms with E-state index in [0.717, 1.165) is 21.7 Å². The average Bonchev–Trinajstić information content (AvgIpc) is 3.05. The Morgan fingerprint density at radius 2 is 2.20 bits per heavy atom. The summed E-state index contributed by atoms with van der Waals surface area (Å²) in [6.45, 7) is 2.36. The smallest absolute Gasteiger partial charge is 0.254 e. The minimum absolute atomic E-state index is 0.0191. The number of hydrogen-bond donors (Lipinski definition) is 0. The number of fused-ring (bicyclic) bond motifs is 1. The van der Waals surface area contributed by atoms with Crippen LogP contribution in [0.4, 0.5) is 0 Å². The highest BCUT2D eigenvalue weighted by Gasteiger charge is 2.14. The molecule has 1 aromatic carbocycles. The number of carbonyl (C=O) groups is 1. The lowest BCUT2D eigenvalue weighted by Gasteiger charge is -2.15. The van der Waals surface area contributed by atoms with Crippen LogP contribution >= 0.6 is 11.3 Å². The first-order valence-electron chi connectivity index (χ1n) is 6.27. The summed E-state index contributed by atoms with van der Waals surface area (Å²) in [7, 11) is 1.77. The van der Waals surface area contributed by atoms with Crippen LogP contribution in [0.2, 0.25) is 0 Å². The third-order valence-corrected chi connectivity index (χ3v) is 3.91. The topological polar surface area (TPSA) is 46.3 Å². The Kier molecular flexibility index (Phi) is 3.28. The Morgan fingerprint density at radius 3 is 2.95 bits per heavy atom. The van der Waals surface area contributed by atoms with Gasteiger partial charge in [0.1, 0.15) is 11.5 Å². The summed E-state index contributed by atoms with van der Waals surface area (Å²) < 4.78 is 6.52. The van der Waals surface area contributed by atoms with Gasteiger partial charge in [0.05, 0.1) is 22.3 Å². The SMILES string of the molecule is Cc1ccc(CN(C)C(=O)c2ccc3ncsc3c2)o1. The van der Waals surface area contributed by atoms with Crippen LogP contribution in [0.5, 0.6) is 0 Å². The van der Waals surface area contributed by atoms with Crippen molar-refractivity contribution in [2.24, 2.45) is 0 Å². The molecule has 0 unspecified atom stereocenters. The molecule has 0 saturated heterocycles. The number of furan rings is 1. The monoisotopic (exact) mass is 286 g/mol. The molecule has 0 aliphatic heterocycles. The lowest BCUT2D eigenvalue weighted by molar-refractivity contribution is 0.0775. The van der Waals surface area contributed by atoms with Gasteiger partial charge in [0.25, 0.3) is 5.91 Å². The molecule has 3 aromatic rings. The lowest BCUT2D eigenvalue weighted by atomic mass is 10.2. The second-order valence-corrected chi connectivity index (χ2v) is 5.59. The molecule has 2 aromatic heterocycles. The van der Waals surface area contributed by atoms with E-state index in [1.807, 2.05) is 37.3 Å². The molecule has 5 heteroatoms. The maximum Gasteiger partial charge on any atom is 0.254 e. The molecule has 3 rings (SSSR count). The number of carbonyl (C=O) groups excluding carboxylic acids is 1. The number of aromatic nitrogens is 1. The number of hydrogen-bond acceptors (Lipinski definition) is 4. The second kappa shape index (κ2) is 5.09. The zero-order valence-corrected chi connectivity index (χ0v) is 12.1. The van der Waals surface area contributed by atoms with Crippen LogP contribution in [-0.4, -0.2) is 22.8 Å². The zero-order valence-electron chi connectivity index (χ0n) is 11.3. The van der Waals surface area contributed by atoms with E-state index in [1.165, 1.54) is 11.3 Å². The van der Waals surface area contributed by atoms with Gasteiger partial charge in [-0.1, -0.05) is 0 Å². The fraction of sp³-hybridized carbons (Fsp3) is 0.200. The van der Waals surface area contributed by atoms with Gasteiger partial charge in [0, 0.05) is 12.6 Å². The number of thiazole rings is 1. The predicted octanol–water partition coefficient (Wildman–Crippen LogP) is 3.47. The third kappa shape index (κ3) is 2.44. The zero-order chi connectivity index (χ0) is 14.1. The number of amides is 1. The summed E-state index contributed by atoms with van der Waals surface area (Å²) in [6.07, 6.45) is 0. The van der Waals surface area contributed by atoms with Crippen LogP contribution in [0.1, 0.15) is 21.9 Å². The quantitative estimate of drug-likeness (QED) is 0.740. The van der Waals surface area contributed by atoms with Gasteiger partial charge in [-0.25, -0.2) is 4.98 Å². The summed E-state index contributed by atoms with van der Waals surface area (Å²) in [4.78, 5) is 18.3. The van der Waals surface area contributed by atoms with Crippen LogP contribution in [0, 0.1) is 6.92 Å². The molecule has 1 amide bonds. The van der Waals surface area contributed by atoms with Gasteiger partial charge in [-0.05, 0) is 37.3 Å². The predicted molar refractivity (Wildman–Crippen MR) is 78.9 cm³/mol. The maximum absolute atomic E-state index is 12.4. The molecule has 2 heterocycles. The molecule has 0 saturated carbocycles. The maximum atomic E-state index is 12.4. The lowest BCUT2D eigenvalue weighted by Crippen LogP contribution is -2.25. The summed E-state index contributed by atoms with van der Waals surface area (Å²) >= 11 is 1.54. The molecule has 102 valence electrons. The second-order valence-electron chi connectivity index (χ2n) is 4.71. The van der Waals surface area contributed by atoms with Gasteiger partial charge in [-0.3, -0.25) is 4.79 Å². The van der Waals surface area contributed by atoms with Gasteiger partial charge in [-0.15, -0.1) is 11.3 Å². The molecule has 0 aliphatic carbocycles. The Labute approximate surface area is 120 Å². The molecule has 0 atom stereocenters. The minimum Gasteiger partial charge on any atom is -0.464 e. The average molecular weight is 286 g/mol. The van der Waals surface area contributed by atoms with E-state index in [-0.39, 0.29) is 5.91 Å². The number of rotatable bonds is 3. The van der Waals surface area contributed by atoms with Crippen molar-refractivity contribution in [2.45, 2.75) is 13.5 Å². The normalized spacial score (nSPS) is 10.9. The molecular formula is C15H14N2O2S. The van der Waals surface area contributed by atoms with Crippen molar-refractivity contribution in [3.63, 3.8) is 0 Å². The van der Waals surface area contributed by atoms with Crippen molar-refractivity contribution in [3.8, 4) is 0 Å². The fourth-order valence-electron chi connectivity index (χ4n) is 2.08. The summed E-state index contributed by atoms with van der Waals surface area (Å²) in [5, 5.41) is 0. The van der Waals surface area contributed by atoms with Crippen molar-refractivity contribution in [3.05, 3.63) is 52.9 Å². The van der Waals surface area contributed by atoms with E-state index < -0.39 is 0 Å². The highest BCUT2D eigenvalue weighted by molar-refractivity contribution is 7.16. The van der Waals surface area contributed by atoms with Gasteiger partial charge in [0.2, 0.25) is 0 Å². The summed E-state index contributed by atoms with van der Waals surface area (Å²) in [6, 6.07) is 9.37. The molecule has 0 aliphatic rings. The molecule has 0 fully saturated rings. The molecule has 0 bridgehead atoms. The summed E-state index contributed by atoms with van der Waals surface area (Å²) in [5.41, 5.74) is 3.39. The first kappa shape index (κ1) is 12.9. The molecule has 4 nitrogen and oxygen atoms in total. The van der Waals surface area contributed by atoms with E-state index in [9.17, 15) is 4.79 Å². The van der Waals surface area contributed by atoms with Gasteiger partial charge in [-0.2, -0.15) is 0 Å². The van der Waals surface area contributed by atoms with Crippen LogP contribution in [0.25, 0.3) is 10.2 Å². The fourth-order valence-corrected chi connectivity index (χ4v) is 2.80. The third-order valence-electron chi connectivity index (χ3n) is 3.11. The van der Waals surface area contributed by atoms with E-state index in [0.29, 0.717) is 12.1 Å². The standard InChI is InChI=1S/C15H14N2O2S/c1-10-3-5-12(19-10)8-17(2)15(18)11-4-6-13-14(7-11)20-9-16-13/h3-7,9H,8H2,1-2H3. The Balaban J connectivity index is 1.80. The van der Waals surface area contributed by atoms with E-state index in [1.54, 1.807) is 17.5 Å². The van der Waals surface area contributed by atoms with Crippen molar-refractivity contribution in [2.75, 3.05) is 7.05 Å². The van der Waals surface area contributed by atoms with Crippen molar-refractivity contribution >= 4 is 27.5 Å². The van der Waals surface area contributed by atoms with Gasteiger partial charge in [0.15, 0.2) is 0 Å². The van der Waals surface area contributed by atoms with Crippen LogP contribution in [-0.2, 0) is 6.54 Å². The number of nitrogens with zero attached hydrogens (tertiary/aromatic N) is 2. The minimum atomic E-state index is -0.0191. The molecule has 0 spiro atoms. The highest BCUT2D eigenvalue weighted by Crippen LogP contribution is 2.20. The van der Waals surface area contributed by atoms with Gasteiger partial charge < -0.3 is 9.32 Å². The Hall–Kier alpha value is -2.14. The largest absolute Gasteiger partial charge is 0.464 e. The molecule has 0 N–H and O–H groups in total. The van der Waals surface area contributed by atoms with Crippen molar-refractivity contribution in [1.29, 1.82) is 0 Å². The van der Waals surface area contributed by atoms with Crippen molar-refractivity contribution in [1.82, 2.24) is 9.88 Å². The van der Waals surface area contributed by atoms with Gasteiger partial charge >= 0.3 is 0 Å². The van der Waals surface area contributed by atoms with E-state index in [4.69, 9.17) is 4.42 Å². The van der Waals surface area contributed by atoms with Crippen LogP contribution in [0.3, 0.4) is 0 Å². The first-order valence-corrected chi connectivity index (χ1v) is 7.15. The van der Waals surface area contributed by atoms with Crippen LogP contribution < -0.4 is 0 Å². The first-order chi connectivity index (χ1) is 9.63. The Bertz CT molecular complexity index is 760. The molecular weight excluding hydrogens is 272 g/mol. The number of benzene rings is 1. The summed E-state index contributed by atoms with van der Waals surface area (Å²) in [5.74, 6) is 1.62. The number of aryl methyl sites for hydroxylation is 1. The molecule has 0 radical (unpaired) electrons. The van der Waals surface area contributed by atoms with E-state index >= 15 is 0 Å².